The van der Waals surface area contributed by atoms with Crippen LogP contribution in [-0.4, -0.2) is 22.2 Å². The van der Waals surface area contributed by atoms with Crippen molar-refractivity contribution >= 4 is 52.2 Å². The second-order valence-electron chi connectivity index (χ2n) is 4.94. The van der Waals surface area contributed by atoms with Crippen LogP contribution in [0.5, 0.6) is 0 Å². The number of aromatic carboxylic acids is 1. The zero-order valence-electron chi connectivity index (χ0n) is 12.5. The fourth-order valence-corrected chi connectivity index (χ4v) is 3.16. The van der Waals surface area contributed by atoms with Crippen molar-refractivity contribution in [1.29, 1.82) is 0 Å². The van der Waals surface area contributed by atoms with Crippen LogP contribution >= 0.6 is 23.4 Å². The van der Waals surface area contributed by atoms with Gasteiger partial charge in [0.15, 0.2) is 5.17 Å². The normalized spacial score (nSPS) is 17.1. The molecule has 0 aliphatic carbocycles. The number of amidine groups is 1. The van der Waals surface area contributed by atoms with Gasteiger partial charge in [-0.1, -0.05) is 29.8 Å². The number of carbonyl (C=O) groups is 2. The van der Waals surface area contributed by atoms with Gasteiger partial charge in [-0.3, -0.25) is 4.79 Å². The first-order valence-electron chi connectivity index (χ1n) is 7.01. The Kier molecular flexibility index (Phi) is 4.87. The molecule has 0 unspecified atom stereocenters. The highest BCUT2D eigenvalue weighted by Crippen LogP contribution is 2.31. The van der Waals surface area contributed by atoms with Crippen LogP contribution in [0, 0.1) is 5.82 Å². The third-order valence-corrected chi connectivity index (χ3v) is 4.52. The molecular weight excluding hydrogens is 367 g/mol. The summed E-state index contributed by atoms with van der Waals surface area (Å²) in [6.45, 7) is 0. The molecule has 126 valence electrons. The smallest absolute Gasteiger partial charge is 0.337 e. The molecule has 0 saturated carbocycles. The van der Waals surface area contributed by atoms with Gasteiger partial charge in [-0.15, -0.1) is 0 Å². The Hall–Kier alpha value is -2.64. The molecular formula is C17H10ClFN2O3S. The van der Waals surface area contributed by atoms with Gasteiger partial charge in [0.25, 0.3) is 5.91 Å². The molecule has 2 aromatic carbocycles. The molecule has 2 aromatic rings. The highest BCUT2D eigenvalue weighted by Gasteiger charge is 2.25. The fraction of sp³-hybridized carbons (Fsp3) is 0. The van der Waals surface area contributed by atoms with Gasteiger partial charge in [0.05, 0.1) is 21.2 Å². The molecule has 25 heavy (non-hydrogen) atoms. The lowest BCUT2D eigenvalue weighted by Crippen LogP contribution is -2.19. The monoisotopic (exact) mass is 376 g/mol. The summed E-state index contributed by atoms with van der Waals surface area (Å²) in [5.41, 5.74) is 0.330. The molecule has 1 saturated heterocycles. The quantitative estimate of drug-likeness (QED) is 0.791. The van der Waals surface area contributed by atoms with Crippen molar-refractivity contribution in [3.05, 3.63) is 69.3 Å². The van der Waals surface area contributed by atoms with E-state index >= 15 is 0 Å². The van der Waals surface area contributed by atoms with Gasteiger partial charge in [-0.2, -0.15) is 0 Å². The maximum absolute atomic E-state index is 13.9. The Morgan fingerprint density at radius 1 is 1.24 bits per heavy atom. The summed E-state index contributed by atoms with van der Waals surface area (Å²) >= 11 is 6.93. The van der Waals surface area contributed by atoms with Crippen molar-refractivity contribution < 1.29 is 19.1 Å². The summed E-state index contributed by atoms with van der Waals surface area (Å²) in [5.74, 6) is -2.13. The van der Waals surface area contributed by atoms with E-state index in [1.165, 1.54) is 36.4 Å². The van der Waals surface area contributed by atoms with E-state index in [1.54, 1.807) is 12.1 Å². The maximum Gasteiger partial charge on any atom is 0.337 e. The van der Waals surface area contributed by atoms with E-state index in [-0.39, 0.29) is 31.9 Å². The molecule has 0 bridgehead atoms. The van der Waals surface area contributed by atoms with Crippen LogP contribution in [0.2, 0.25) is 5.02 Å². The molecule has 1 amide bonds. The predicted octanol–water partition coefficient (Wildman–Crippen LogP) is 4.07. The molecule has 0 atom stereocenters. The topological polar surface area (TPSA) is 78.8 Å². The number of nitrogens with one attached hydrogen (secondary N) is 1. The molecule has 1 fully saturated rings. The number of hydrogen-bond acceptors (Lipinski definition) is 4. The average Bonchev–Trinajstić information content (AvgIpc) is 2.91. The number of hydrogen-bond donors (Lipinski definition) is 2. The minimum atomic E-state index is -1.12. The molecule has 2 N–H and O–H groups in total. The first-order chi connectivity index (χ1) is 12.0. The summed E-state index contributed by atoms with van der Waals surface area (Å²) < 4.78 is 13.9. The first kappa shape index (κ1) is 17.2. The Morgan fingerprint density at radius 2 is 2.00 bits per heavy atom. The third-order valence-electron chi connectivity index (χ3n) is 3.28. The number of thioether (sulfide) groups is 1. The average molecular weight is 377 g/mol. The van der Waals surface area contributed by atoms with E-state index < -0.39 is 17.7 Å². The van der Waals surface area contributed by atoms with Crippen LogP contribution in [0.25, 0.3) is 6.08 Å². The number of halogens is 2. The van der Waals surface area contributed by atoms with Crippen LogP contribution in [0.1, 0.15) is 15.9 Å². The molecule has 8 heteroatoms. The number of aliphatic imine (C=N–C) groups is 1. The van der Waals surface area contributed by atoms with E-state index in [1.807, 2.05) is 0 Å². The number of carboxylic acid groups (broad SMARTS) is 1. The van der Waals surface area contributed by atoms with Crippen molar-refractivity contribution in [2.24, 2.45) is 4.99 Å². The van der Waals surface area contributed by atoms with Crippen LogP contribution in [-0.2, 0) is 4.79 Å². The fourth-order valence-electron chi connectivity index (χ4n) is 2.12. The van der Waals surface area contributed by atoms with Crippen LogP contribution in [0.3, 0.4) is 0 Å². The van der Waals surface area contributed by atoms with Crippen molar-refractivity contribution in [2.45, 2.75) is 0 Å². The van der Waals surface area contributed by atoms with E-state index in [2.05, 4.69) is 10.3 Å². The number of carbonyl (C=O) groups excluding carboxylic acids is 1. The van der Waals surface area contributed by atoms with Gasteiger partial charge in [0, 0.05) is 5.56 Å². The van der Waals surface area contributed by atoms with Gasteiger partial charge in [0.2, 0.25) is 0 Å². The molecule has 0 radical (unpaired) electrons. The van der Waals surface area contributed by atoms with Crippen molar-refractivity contribution in [3.63, 3.8) is 0 Å². The van der Waals surface area contributed by atoms with Crippen LogP contribution in [0.15, 0.2) is 52.4 Å². The number of rotatable bonds is 3. The number of nitrogens with zero attached hydrogens (tertiary/aromatic N) is 1. The Balaban J connectivity index is 1.94. The number of amides is 1. The van der Waals surface area contributed by atoms with Crippen LogP contribution in [0.4, 0.5) is 10.1 Å². The zero-order valence-corrected chi connectivity index (χ0v) is 14.1. The SMILES string of the molecule is O=C1NC(=Nc2ccccc2C(=O)O)S/C1=C\c1c(F)cccc1Cl. The Morgan fingerprint density at radius 3 is 2.72 bits per heavy atom. The first-order valence-corrected chi connectivity index (χ1v) is 8.21. The predicted molar refractivity (Wildman–Crippen MR) is 95.6 cm³/mol. The van der Waals surface area contributed by atoms with Gasteiger partial charge >= 0.3 is 5.97 Å². The summed E-state index contributed by atoms with van der Waals surface area (Å²) in [4.78, 5) is 27.6. The van der Waals surface area contributed by atoms with Gasteiger partial charge in [0.1, 0.15) is 5.82 Å². The van der Waals surface area contributed by atoms with Gasteiger partial charge < -0.3 is 10.4 Å². The lowest BCUT2D eigenvalue weighted by Gasteiger charge is -2.01. The third kappa shape index (κ3) is 3.72. The Labute approximate surface area is 151 Å². The number of carboxylic acids is 1. The summed E-state index contributed by atoms with van der Waals surface area (Å²) in [6.07, 6.45) is 1.34. The van der Waals surface area contributed by atoms with Gasteiger partial charge in [-0.25, -0.2) is 14.2 Å². The molecule has 1 aliphatic heterocycles. The van der Waals surface area contributed by atoms with E-state index in [4.69, 9.17) is 16.7 Å². The second-order valence-corrected chi connectivity index (χ2v) is 6.38. The lowest BCUT2D eigenvalue weighted by atomic mass is 10.2. The minimum absolute atomic E-state index is 0.0134. The van der Waals surface area contributed by atoms with E-state index in [0.29, 0.717) is 0 Å². The molecule has 3 rings (SSSR count). The lowest BCUT2D eigenvalue weighted by molar-refractivity contribution is -0.115. The largest absolute Gasteiger partial charge is 0.478 e. The van der Waals surface area contributed by atoms with E-state index in [0.717, 1.165) is 11.8 Å². The number of benzene rings is 2. The van der Waals surface area contributed by atoms with E-state index in [9.17, 15) is 14.0 Å². The highest BCUT2D eigenvalue weighted by molar-refractivity contribution is 8.18. The molecule has 0 spiro atoms. The summed E-state index contributed by atoms with van der Waals surface area (Å²) in [7, 11) is 0. The van der Waals surface area contributed by atoms with Gasteiger partial charge in [-0.05, 0) is 42.1 Å². The van der Waals surface area contributed by atoms with Crippen LogP contribution < -0.4 is 5.32 Å². The highest BCUT2D eigenvalue weighted by atomic mass is 35.5. The number of para-hydroxylation sites is 1. The molecule has 0 aromatic heterocycles. The molecule has 1 aliphatic rings. The molecule has 5 nitrogen and oxygen atoms in total. The van der Waals surface area contributed by atoms with Crippen molar-refractivity contribution in [1.82, 2.24) is 5.32 Å². The van der Waals surface area contributed by atoms with Crippen molar-refractivity contribution in [2.75, 3.05) is 0 Å². The standard InChI is InChI=1S/C17H10ClFN2O3S/c18-11-5-3-6-12(19)10(11)8-14-15(22)21-17(25-14)20-13-7-2-1-4-9(13)16(23)24/h1-8H,(H,23,24)(H,20,21,22)/b14-8-. The van der Waals surface area contributed by atoms with Crippen molar-refractivity contribution in [3.8, 4) is 0 Å². The Bertz CT molecular complexity index is 923. The minimum Gasteiger partial charge on any atom is -0.478 e. The summed E-state index contributed by atoms with van der Waals surface area (Å²) in [6, 6.07) is 10.4. The second kappa shape index (κ2) is 7.08. The summed E-state index contributed by atoms with van der Waals surface area (Å²) in [5, 5.41) is 12.1. The maximum atomic E-state index is 13.9. The molecule has 1 heterocycles. The zero-order chi connectivity index (χ0) is 18.0.